The Balaban J connectivity index is 2.42. The summed E-state index contributed by atoms with van der Waals surface area (Å²) >= 11 is 0. The van der Waals surface area contributed by atoms with Crippen LogP contribution in [-0.2, 0) is 18.8 Å². The summed E-state index contributed by atoms with van der Waals surface area (Å²) in [6.07, 6.45) is -0.882. The van der Waals surface area contributed by atoms with Crippen LogP contribution in [-0.4, -0.2) is 49.1 Å². The Hall–Kier alpha value is -0.380. The van der Waals surface area contributed by atoms with E-state index < -0.39 is 31.6 Å². The Morgan fingerprint density at radius 1 is 1.40 bits per heavy atom. The van der Waals surface area contributed by atoms with Crippen molar-refractivity contribution in [3.8, 4) is 0 Å². The van der Waals surface area contributed by atoms with Crippen LogP contribution in [0.4, 0.5) is 0 Å². The first-order valence-corrected chi connectivity index (χ1v) is 7.66. The van der Waals surface area contributed by atoms with Crippen molar-refractivity contribution < 1.29 is 23.9 Å². The number of carbonyl (C=O) groups is 1. The molecule has 1 aliphatic heterocycles. The number of carboxylic acid groups (broad SMARTS) is 1. The van der Waals surface area contributed by atoms with E-state index in [0.29, 0.717) is 12.6 Å². The molecule has 0 aromatic rings. The summed E-state index contributed by atoms with van der Waals surface area (Å²) < 4.78 is 21.9. The Morgan fingerprint density at radius 3 is 2.40 bits per heavy atom. The summed E-state index contributed by atoms with van der Waals surface area (Å²) in [5.41, 5.74) is 0. The first-order valence-electron chi connectivity index (χ1n) is 4.87. The number of ether oxygens (including phenoxy) is 2. The molecule has 88 valence electrons. The molecule has 0 saturated carbocycles. The molecule has 6 heteroatoms. The molecule has 1 rings (SSSR count). The lowest BCUT2D eigenvalue weighted by Crippen LogP contribution is -2.28. The second kappa shape index (κ2) is 4.64. The largest absolute Gasteiger partial charge is 0.479 e. The van der Waals surface area contributed by atoms with Crippen LogP contribution in [0.1, 0.15) is 13.3 Å². The smallest absolute Gasteiger partial charge is 0.335 e. The molecule has 0 aromatic carbocycles. The fourth-order valence-electron chi connectivity index (χ4n) is 1.43. The van der Waals surface area contributed by atoms with Crippen LogP contribution in [0.5, 0.6) is 0 Å². The fourth-order valence-corrected chi connectivity index (χ4v) is 2.26. The molecule has 0 radical (unpaired) electrons. The van der Waals surface area contributed by atoms with Gasteiger partial charge in [-0.3, -0.25) is 0 Å². The average Bonchev–Trinajstić information content (AvgIpc) is 2.42. The normalized spacial score (nSPS) is 31.8. The highest BCUT2D eigenvalue weighted by Crippen LogP contribution is 2.38. The number of aliphatic carboxylic acids is 1. The summed E-state index contributed by atoms with van der Waals surface area (Å²) in [7, 11) is -2.09. The number of carboxylic acids is 1. The third-order valence-electron chi connectivity index (χ3n) is 2.24. The van der Waals surface area contributed by atoms with Crippen molar-refractivity contribution in [1.29, 1.82) is 0 Å². The number of rotatable bonds is 4. The van der Waals surface area contributed by atoms with Crippen molar-refractivity contribution >= 4 is 13.1 Å². The molecule has 1 aliphatic rings. The summed E-state index contributed by atoms with van der Waals surface area (Å²) in [5.74, 6) is -1.01. The van der Waals surface area contributed by atoms with Crippen molar-refractivity contribution in [1.82, 2.24) is 0 Å². The molecular weight excluding hydrogens is 219 g/mol. The van der Waals surface area contributed by atoms with Crippen LogP contribution < -0.4 is 0 Å². The molecule has 0 unspecified atom stereocenters. The van der Waals surface area contributed by atoms with E-state index in [1.165, 1.54) is 0 Å². The maximum absolute atomic E-state index is 11.4. The molecule has 1 fully saturated rings. The molecule has 15 heavy (non-hydrogen) atoms. The van der Waals surface area contributed by atoms with E-state index in [0.717, 1.165) is 0 Å². The summed E-state index contributed by atoms with van der Waals surface area (Å²) in [6.45, 7) is 5.05. The molecule has 1 N–H and O–H groups in total. The van der Waals surface area contributed by atoms with Gasteiger partial charge in [-0.25, -0.2) is 4.79 Å². The number of hydrogen-bond acceptors (Lipinski definition) is 4. The van der Waals surface area contributed by atoms with Crippen LogP contribution >= 0.6 is 7.14 Å². The second-order valence-electron chi connectivity index (χ2n) is 4.25. The van der Waals surface area contributed by atoms with Crippen molar-refractivity contribution in [2.45, 2.75) is 31.8 Å². The zero-order valence-corrected chi connectivity index (χ0v) is 10.1. The van der Waals surface area contributed by atoms with E-state index in [2.05, 4.69) is 0 Å². The van der Waals surface area contributed by atoms with Gasteiger partial charge in [-0.15, -0.1) is 0 Å². The van der Waals surface area contributed by atoms with Gasteiger partial charge in [0, 0.05) is 12.6 Å². The monoisotopic (exact) mass is 236 g/mol. The highest BCUT2D eigenvalue weighted by molar-refractivity contribution is 7.62. The van der Waals surface area contributed by atoms with E-state index in [9.17, 15) is 9.36 Å². The quantitative estimate of drug-likeness (QED) is 0.743. The Bertz CT molecular complexity index is 284. The molecule has 0 aliphatic carbocycles. The lowest BCUT2D eigenvalue weighted by molar-refractivity contribution is -0.150. The summed E-state index contributed by atoms with van der Waals surface area (Å²) in [6, 6.07) is 0. The van der Waals surface area contributed by atoms with E-state index in [-0.39, 0.29) is 0 Å². The van der Waals surface area contributed by atoms with Crippen LogP contribution in [0.25, 0.3) is 0 Å². The molecule has 1 heterocycles. The van der Waals surface area contributed by atoms with Gasteiger partial charge >= 0.3 is 5.97 Å². The van der Waals surface area contributed by atoms with Crippen molar-refractivity contribution in [2.75, 3.05) is 19.5 Å². The van der Waals surface area contributed by atoms with E-state index >= 15 is 0 Å². The molecule has 0 bridgehead atoms. The topological polar surface area (TPSA) is 72.8 Å². The molecular formula is C9H17O5P. The number of hydrogen-bond donors (Lipinski definition) is 1. The highest BCUT2D eigenvalue weighted by atomic mass is 31.2. The van der Waals surface area contributed by atoms with Crippen molar-refractivity contribution in [3.63, 3.8) is 0 Å². The zero-order valence-electron chi connectivity index (χ0n) is 9.17. The van der Waals surface area contributed by atoms with Crippen LogP contribution in [0.15, 0.2) is 0 Å². The highest BCUT2D eigenvalue weighted by Gasteiger charge is 2.38. The summed E-state index contributed by atoms with van der Waals surface area (Å²) in [5, 5.41) is 8.77. The maximum atomic E-state index is 11.4. The molecule has 0 spiro atoms. The van der Waals surface area contributed by atoms with Gasteiger partial charge < -0.3 is 19.1 Å². The SMILES string of the molecule is C[C@H]1O[C@@H](CCP(C)(C)=O)O[C@@H]1C(=O)O. The van der Waals surface area contributed by atoms with Gasteiger partial charge in [-0.2, -0.15) is 0 Å². The van der Waals surface area contributed by atoms with Gasteiger partial charge in [0.25, 0.3) is 0 Å². The lowest BCUT2D eigenvalue weighted by Gasteiger charge is -2.11. The molecule has 0 aromatic heterocycles. The van der Waals surface area contributed by atoms with E-state index in [4.69, 9.17) is 14.6 Å². The van der Waals surface area contributed by atoms with Crippen molar-refractivity contribution in [2.24, 2.45) is 0 Å². The van der Waals surface area contributed by atoms with Crippen LogP contribution in [0, 0.1) is 0 Å². The van der Waals surface area contributed by atoms with Crippen LogP contribution in [0.2, 0.25) is 0 Å². The van der Waals surface area contributed by atoms with Crippen molar-refractivity contribution in [3.05, 3.63) is 0 Å². The standard InChI is InChI=1S/C9H17O5P/c1-6-8(9(10)11)14-7(13-6)4-5-15(2,3)12/h6-8H,4-5H2,1-3H3,(H,10,11)/t6-,7-,8+/m1/s1. The van der Waals surface area contributed by atoms with Gasteiger partial charge in [0.05, 0.1) is 13.2 Å². The molecule has 1 saturated heterocycles. The second-order valence-corrected chi connectivity index (χ2v) is 7.85. The van der Waals surface area contributed by atoms with Gasteiger partial charge in [0.1, 0.15) is 0 Å². The first-order chi connectivity index (χ1) is 6.79. The fraction of sp³-hybridized carbons (Fsp3) is 0.889. The molecule has 5 nitrogen and oxygen atoms in total. The Labute approximate surface area is 89.1 Å². The Kier molecular flexibility index (Phi) is 3.93. The molecule has 0 amide bonds. The van der Waals surface area contributed by atoms with E-state index in [1.54, 1.807) is 20.3 Å². The average molecular weight is 236 g/mol. The predicted molar refractivity (Wildman–Crippen MR) is 55.8 cm³/mol. The van der Waals surface area contributed by atoms with Crippen LogP contribution in [0.3, 0.4) is 0 Å². The first kappa shape index (κ1) is 12.7. The maximum Gasteiger partial charge on any atom is 0.335 e. The third-order valence-corrected chi connectivity index (χ3v) is 3.57. The molecule has 3 atom stereocenters. The summed E-state index contributed by atoms with van der Waals surface area (Å²) in [4.78, 5) is 10.7. The lowest BCUT2D eigenvalue weighted by atomic mass is 10.2. The minimum absolute atomic E-state index is 0.444. The third kappa shape index (κ3) is 3.93. The van der Waals surface area contributed by atoms with Gasteiger partial charge in [-0.05, 0) is 20.3 Å². The van der Waals surface area contributed by atoms with E-state index in [1.807, 2.05) is 0 Å². The minimum atomic E-state index is -2.09. The zero-order chi connectivity index (χ0) is 11.6. The van der Waals surface area contributed by atoms with Gasteiger partial charge in [-0.1, -0.05) is 0 Å². The van der Waals surface area contributed by atoms with Gasteiger partial charge in [0.15, 0.2) is 12.4 Å². The minimum Gasteiger partial charge on any atom is -0.479 e. The Morgan fingerprint density at radius 2 is 2.00 bits per heavy atom. The predicted octanol–water partition coefficient (Wildman–Crippen LogP) is 1.21. The van der Waals surface area contributed by atoms with Gasteiger partial charge in [0.2, 0.25) is 0 Å².